The Hall–Kier alpha value is -2.13. The number of carbonyl (C=O) groups is 2. The summed E-state index contributed by atoms with van der Waals surface area (Å²) >= 11 is 5.79. The average Bonchev–Trinajstić information content (AvgIpc) is 2.64. The molecule has 0 fully saturated rings. The van der Waals surface area contributed by atoms with Crippen LogP contribution in [-0.2, 0) is 9.53 Å². The molecule has 2 rings (SSSR count). The Bertz CT molecular complexity index is 763. The maximum absolute atomic E-state index is 12.8. The van der Waals surface area contributed by atoms with E-state index in [1.165, 1.54) is 0 Å². The van der Waals surface area contributed by atoms with Crippen LogP contribution < -0.4 is 0 Å². The minimum absolute atomic E-state index is 0.0545. The lowest BCUT2D eigenvalue weighted by Crippen LogP contribution is -2.28. The van der Waals surface area contributed by atoms with Gasteiger partial charge in [0.25, 0.3) is 0 Å². The van der Waals surface area contributed by atoms with Gasteiger partial charge in [0.15, 0.2) is 5.78 Å². The Labute approximate surface area is 166 Å². The molecule has 0 saturated heterocycles. The van der Waals surface area contributed by atoms with Crippen LogP contribution >= 0.6 is 11.6 Å². The minimum atomic E-state index is -0.556. The molecule has 0 aliphatic carbocycles. The molecule has 0 heterocycles. The predicted octanol–water partition coefficient (Wildman–Crippen LogP) is 5.75. The highest BCUT2D eigenvalue weighted by atomic mass is 35.5. The van der Waals surface area contributed by atoms with Crippen molar-refractivity contribution in [2.75, 3.05) is 5.88 Å². The van der Waals surface area contributed by atoms with Gasteiger partial charge in [-0.15, -0.1) is 11.6 Å². The van der Waals surface area contributed by atoms with Crippen LogP contribution in [0.15, 0.2) is 54.6 Å². The summed E-state index contributed by atoms with van der Waals surface area (Å²) in [6.45, 7) is 5.57. The average molecular weight is 387 g/mol. The number of ketones is 1. The molecule has 27 heavy (non-hydrogen) atoms. The van der Waals surface area contributed by atoms with Crippen LogP contribution in [0.1, 0.15) is 67.4 Å². The molecule has 4 heteroatoms. The van der Waals surface area contributed by atoms with E-state index in [4.69, 9.17) is 16.3 Å². The van der Waals surface area contributed by atoms with Crippen molar-refractivity contribution in [3.63, 3.8) is 0 Å². The van der Waals surface area contributed by atoms with Gasteiger partial charge in [0, 0.05) is 17.0 Å². The molecule has 0 aromatic heterocycles. The smallest absolute Gasteiger partial charge is 0.313 e. The van der Waals surface area contributed by atoms with Crippen LogP contribution in [0.2, 0.25) is 0 Å². The Morgan fingerprint density at radius 1 is 0.963 bits per heavy atom. The highest BCUT2D eigenvalue weighted by molar-refractivity contribution is 6.17. The summed E-state index contributed by atoms with van der Waals surface area (Å²) < 4.78 is 5.61. The van der Waals surface area contributed by atoms with Crippen molar-refractivity contribution in [2.45, 2.75) is 51.6 Å². The van der Waals surface area contributed by atoms with Crippen molar-refractivity contribution in [2.24, 2.45) is 0 Å². The molecule has 144 valence electrons. The number of carbonyl (C=O) groups excluding carboxylic acids is 2. The summed E-state index contributed by atoms with van der Waals surface area (Å²) in [5.41, 5.74) is 1.45. The standard InChI is InChI=1S/C23H27ClO3/c1-23(2,3)27-22(26)20(14-7-8-15-24)18-12-9-13-19(16-18)21(25)17-10-5-4-6-11-17/h4-6,9-13,16,20H,7-8,14-15H2,1-3H3. The number of alkyl halides is 1. The fraction of sp³-hybridized carbons (Fsp3) is 0.391. The number of benzene rings is 2. The summed E-state index contributed by atoms with van der Waals surface area (Å²) in [4.78, 5) is 25.5. The quantitative estimate of drug-likeness (QED) is 0.251. The Morgan fingerprint density at radius 3 is 2.26 bits per heavy atom. The summed E-state index contributed by atoms with van der Waals surface area (Å²) in [6.07, 6.45) is 2.30. The second-order valence-electron chi connectivity index (χ2n) is 7.59. The van der Waals surface area contributed by atoms with Gasteiger partial charge in [0.1, 0.15) is 5.60 Å². The van der Waals surface area contributed by atoms with Gasteiger partial charge in [-0.05, 0) is 45.2 Å². The highest BCUT2D eigenvalue weighted by Crippen LogP contribution is 2.27. The van der Waals surface area contributed by atoms with Crippen LogP contribution in [0, 0.1) is 0 Å². The largest absolute Gasteiger partial charge is 0.459 e. The van der Waals surface area contributed by atoms with E-state index in [1.807, 2.05) is 57.2 Å². The van der Waals surface area contributed by atoms with E-state index < -0.39 is 11.5 Å². The molecule has 2 aromatic rings. The number of hydrogen-bond acceptors (Lipinski definition) is 3. The van der Waals surface area contributed by atoms with Crippen LogP contribution in [0.4, 0.5) is 0 Å². The zero-order chi connectivity index (χ0) is 19.9. The monoisotopic (exact) mass is 386 g/mol. The van der Waals surface area contributed by atoms with E-state index in [2.05, 4.69) is 0 Å². The Morgan fingerprint density at radius 2 is 1.63 bits per heavy atom. The zero-order valence-corrected chi connectivity index (χ0v) is 17.0. The third-order valence-electron chi connectivity index (χ3n) is 4.15. The van der Waals surface area contributed by atoms with E-state index in [1.54, 1.807) is 18.2 Å². The van der Waals surface area contributed by atoms with Crippen molar-refractivity contribution in [3.05, 3.63) is 71.3 Å². The van der Waals surface area contributed by atoms with Gasteiger partial charge < -0.3 is 4.74 Å². The first-order chi connectivity index (χ1) is 12.8. The topological polar surface area (TPSA) is 43.4 Å². The number of esters is 1. The predicted molar refractivity (Wildman–Crippen MR) is 109 cm³/mol. The number of hydrogen-bond donors (Lipinski definition) is 0. The molecular weight excluding hydrogens is 360 g/mol. The molecule has 2 aromatic carbocycles. The van der Waals surface area contributed by atoms with Crippen molar-refractivity contribution < 1.29 is 14.3 Å². The first-order valence-corrected chi connectivity index (χ1v) is 9.84. The molecule has 3 nitrogen and oxygen atoms in total. The molecule has 0 bridgehead atoms. The van der Waals surface area contributed by atoms with E-state index >= 15 is 0 Å². The molecular formula is C23H27ClO3. The van der Waals surface area contributed by atoms with E-state index in [9.17, 15) is 9.59 Å². The first-order valence-electron chi connectivity index (χ1n) is 9.30. The van der Waals surface area contributed by atoms with Gasteiger partial charge in [-0.3, -0.25) is 9.59 Å². The van der Waals surface area contributed by atoms with E-state index in [-0.39, 0.29) is 11.8 Å². The summed E-state index contributed by atoms with van der Waals surface area (Å²) in [6, 6.07) is 16.4. The normalized spacial score (nSPS) is 12.4. The van der Waals surface area contributed by atoms with Gasteiger partial charge in [-0.1, -0.05) is 55.0 Å². The number of halogens is 1. The Balaban J connectivity index is 2.29. The fourth-order valence-corrected chi connectivity index (χ4v) is 3.08. The van der Waals surface area contributed by atoms with Crippen molar-refractivity contribution in [3.8, 4) is 0 Å². The van der Waals surface area contributed by atoms with Crippen molar-refractivity contribution in [1.82, 2.24) is 0 Å². The lowest BCUT2D eigenvalue weighted by Gasteiger charge is -2.24. The zero-order valence-electron chi connectivity index (χ0n) is 16.2. The molecule has 0 amide bonds. The van der Waals surface area contributed by atoms with Gasteiger partial charge in [-0.2, -0.15) is 0 Å². The lowest BCUT2D eigenvalue weighted by molar-refractivity contribution is -0.157. The number of unbranched alkanes of at least 4 members (excludes halogenated alkanes) is 1. The van der Waals surface area contributed by atoms with Gasteiger partial charge in [0.2, 0.25) is 0 Å². The summed E-state index contributed by atoms with van der Waals surface area (Å²) in [5, 5.41) is 0. The molecule has 0 saturated carbocycles. The maximum atomic E-state index is 12.8. The van der Waals surface area contributed by atoms with Crippen molar-refractivity contribution >= 4 is 23.4 Å². The van der Waals surface area contributed by atoms with Gasteiger partial charge >= 0.3 is 5.97 Å². The minimum Gasteiger partial charge on any atom is -0.459 e. The molecule has 0 spiro atoms. The third kappa shape index (κ3) is 6.51. The van der Waals surface area contributed by atoms with Gasteiger partial charge in [-0.25, -0.2) is 0 Å². The second kappa shape index (κ2) is 9.70. The number of rotatable bonds is 8. The molecule has 0 aliphatic heterocycles. The molecule has 0 N–H and O–H groups in total. The summed E-state index contributed by atoms with van der Waals surface area (Å²) in [7, 11) is 0. The van der Waals surface area contributed by atoms with Crippen LogP contribution in [0.5, 0.6) is 0 Å². The van der Waals surface area contributed by atoms with Crippen molar-refractivity contribution in [1.29, 1.82) is 0 Å². The maximum Gasteiger partial charge on any atom is 0.313 e. The first kappa shape index (κ1) is 21.2. The van der Waals surface area contributed by atoms with Gasteiger partial charge in [0.05, 0.1) is 5.92 Å². The number of ether oxygens (including phenoxy) is 1. The SMILES string of the molecule is CC(C)(C)OC(=O)C(CCCCCl)c1cccc(C(=O)c2ccccc2)c1. The molecule has 1 unspecified atom stereocenters. The van der Waals surface area contributed by atoms with E-state index in [0.717, 1.165) is 18.4 Å². The van der Waals surface area contributed by atoms with E-state index in [0.29, 0.717) is 23.4 Å². The lowest BCUT2D eigenvalue weighted by atomic mass is 9.91. The molecule has 0 aliphatic rings. The fourth-order valence-electron chi connectivity index (χ4n) is 2.89. The van der Waals surface area contributed by atoms with Crippen LogP contribution in [0.3, 0.4) is 0 Å². The van der Waals surface area contributed by atoms with Crippen LogP contribution in [-0.4, -0.2) is 23.2 Å². The molecule has 0 radical (unpaired) electrons. The highest BCUT2D eigenvalue weighted by Gasteiger charge is 2.27. The summed E-state index contributed by atoms with van der Waals surface area (Å²) in [5.74, 6) is -0.161. The third-order valence-corrected chi connectivity index (χ3v) is 4.42. The Kier molecular flexibility index (Phi) is 7.61. The van der Waals surface area contributed by atoms with Crippen LogP contribution in [0.25, 0.3) is 0 Å². The molecule has 1 atom stereocenters. The second-order valence-corrected chi connectivity index (χ2v) is 7.97.